The van der Waals surface area contributed by atoms with Gasteiger partial charge in [-0.25, -0.2) is 18.4 Å². The van der Waals surface area contributed by atoms with E-state index in [1.807, 2.05) is 0 Å². The predicted molar refractivity (Wildman–Crippen MR) is 102 cm³/mol. The molecule has 0 fully saturated rings. The molecule has 9 nitrogen and oxygen atoms in total. The smallest absolute Gasteiger partial charge is 0.335 e. The summed E-state index contributed by atoms with van der Waals surface area (Å²) in [4.78, 5) is 11.0. The number of nitrogens with one attached hydrogen (secondary N) is 1. The van der Waals surface area contributed by atoms with E-state index in [2.05, 4.69) is 5.32 Å². The van der Waals surface area contributed by atoms with Gasteiger partial charge in [0.05, 0.1) is 24.1 Å². The fourth-order valence-corrected chi connectivity index (χ4v) is 3.12. The molecule has 28 heavy (non-hydrogen) atoms. The molecule has 0 saturated heterocycles. The van der Waals surface area contributed by atoms with Crippen LogP contribution in [0.3, 0.4) is 0 Å². The Kier molecular flexibility index (Phi) is 5.25. The van der Waals surface area contributed by atoms with Crippen LogP contribution in [0.2, 0.25) is 0 Å². The lowest BCUT2D eigenvalue weighted by atomic mass is 10.1. The molecule has 0 atom stereocenters. The highest BCUT2D eigenvalue weighted by Gasteiger charge is 2.23. The lowest BCUT2D eigenvalue weighted by molar-refractivity contribution is 0.0696. The number of hydrogen-bond acceptors (Lipinski definition) is 7. The SMILES string of the molecule is Nc1ccc(Oc2c(NCc3ccco3)cc(C(=O)O)cc2S(N)(=O)=O)cc1. The first-order valence-electron chi connectivity index (χ1n) is 7.98. The van der Waals surface area contributed by atoms with Crippen LogP contribution in [0, 0.1) is 0 Å². The van der Waals surface area contributed by atoms with Crippen molar-refractivity contribution in [3.63, 3.8) is 0 Å². The van der Waals surface area contributed by atoms with Crippen molar-refractivity contribution in [1.82, 2.24) is 0 Å². The molecule has 0 spiro atoms. The first-order chi connectivity index (χ1) is 13.2. The van der Waals surface area contributed by atoms with Crippen molar-refractivity contribution >= 4 is 27.4 Å². The minimum Gasteiger partial charge on any atom is -0.478 e. The van der Waals surface area contributed by atoms with Crippen LogP contribution < -0.4 is 20.9 Å². The normalized spacial score (nSPS) is 11.2. The Morgan fingerprint density at radius 2 is 1.89 bits per heavy atom. The molecule has 0 aliphatic heterocycles. The van der Waals surface area contributed by atoms with E-state index in [4.69, 9.17) is 20.0 Å². The van der Waals surface area contributed by atoms with Crippen molar-refractivity contribution < 1.29 is 27.5 Å². The molecule has 0 bridgehead atoms. The number of sulfonamides is 1. The lowest BCUT2D eigenvalue weighted by Crippen LogP contribution is -2.16. The average molecular weight is 403 g/mol. The van der Waals surface area contributed by atoms with E-state index in [0.717, 1.165) is 6.07 Å². The number of furan rings is 1. The lowest BCUT2D eigenvalue weighted by Gasteiger charge is -2.17. The summed E-state index contributed by atoms with van der Waals surface area (Å²) < 4.78 is 35.1. The van der Waals surface area contributed by atoms with Crippen molar-refractivity contribution in [2.75, 3.05) is 11.1 Å². The van der Waals surface area contributed by atoms with Gasteiger partial charge in [-0.1, -0.05) is 0 Å². The number of primary sulfonamides is 1. The Bertz CT molecular complexity index is 1090. The first-order valence-corrected chi connectivity index (χ1v) is 9.52. The van der Waals surface area contributed by atoms with E-state index in [-0.39, 0.29) is 23.5 Å². The number of rotatable bonds is 7. The largest absolute Gasteiger partial charge is 0.478 e. The van der Waals surface area contributed by atoms with Gasteiger partial charge in [0.15, 0.2) is 5.75 Å². The van der Waals surface area contributed by atoms with Gasteiger partial charge in [0.25, 0.3) is 0 Å². The van der Waals surface area contributed by atoms with Crippen LogP contribution in [0.1, 0.15) is 16.1 Å². The van der Waals surface area contributed by atoms with E-state index < -0.39 is 20.9 Å². The molecule has 10 heteroatoms. The Hall–Kier alpha value is -3.50. The van der Waals surface area contributed by atoms with E-state index in [0.29, 0.717) is 17.2 Å². The maximum Gasteiger partial charge on any atom is 0.335 e. The molecule has 0 aliphatic rings. The zero-order chi connectivity index (χ0) is 20.3. The highest BCUT2D eigenvalue weighted by molar-refractivity contribution is 7.89. The summed E-state index contributed by atoms with van der Waals surface area (Å²) in [5, 5.41) is 17.6. The molecule has 1 aromatic heterocycles. The van der Waals surface area contributed by atoms with Gasteiger partial charge in [0.1, 0.15) is 16.4 Å². The third kappa shape index (κ3) is 4.42. The topological polar surface area (TPSA) is 158 Å². The summed E-state index contributed by atoms with van der Waals surface area (Å²) in [5.41, 5.74) is 6.00. The molecule has 146 valence electrons. The van der Waals surface area contributed by atoms with Crippen LogP contribution in [0.5, 0.6) is 11.5 Å². The number of anilines is 2. The highest BCUT2D eigenvalue weighted by Crippen LogP contribution is 2.37. The number of benzene rings is 2. The summed E-state index contributed by atoms with van der Waals surface area (Å²) in [7, 11) is -4.29. The van der Waals surface area contributed by atoms with Crippen LogP contribution >= 0.6 is 0 Å². The van der Waals surface area contributed by atoms with Gasteiger partial charge in [0, 0.05) is 5.69 Å². The van der Waals surface area contributed by atoms with Gasteiger partial charge in [-0.3, -0.25) is 0 Å². The van der Waals surface area contributed by atoms with E-state index in [1.165, 1.54) is 12.3 Å². The predicted octanol–water partition coefficient (Wildman–Crippen LogP) is 2.61. The molecular weight excluding hydrogens is 386 g/mol. The van der Waals surface area contributed by atoms with Crippen LogP contribution in [0.15, 0.2) is 64.1 Å². The minimum atomic E-state index is -4.29. The number of ether oxygens (including phenoxy) is 1. The van der Waals surface area contributed by atoms with Crippen LogP contribution in [-0.2, 0) is 16.6 Å². The molecule has 6 N–H and O–H groups in total. The highest BCUT2D eigenvalue weighted by atomic mass is 32.2. The monoisotopic (exact) mass is 403 g/mol. The molecule has 0 unspecified atom stereocenters. The number of nitrogens with two attached hydrogens (primary N) is 2. The van der Waals surface area contributed by atoms with E-state index in [1.54, 1.807) is 36.4 Å². The molecule has 3 rings (SSSR count). The maximum absolute atomic E-state index is 12.1. The Labute approximate surface area is 160 Å². The molecule has 0 saturated carbocycles. The van der Waals surface area contributed by atoms with Gasteiger partial charge in [-0.05, 0) is 48.5 Å². The average Bonchev–Trinajstić information content (AvgIpc) is 3.15. The number of carbonyl (C=O) groups is 1. The summed E-state index contributed by atoms with van der Waals surface area (Å²) in [6, 6.07) is 11.8. The van der Waals surface area contributed by atoms with Crippen molar-refractivity contribution in [2.45, 2.75) is 11.4 Å². The molecule has 0 amide bonds. The van der Waals surface area contributed by atoms with Crippen LogP contribution in [0.4, 0.5) is 11.4 Å². The fourth-order valence-electron chi connectivity index (χ4n) is 2.42. The van der Waals surface area contributed by atoms with Gasteiger partial charge >= 0.3 is 5.97 Å². The summed E-state index contributed by atoms with van der Waals surface area (Å²) in [6.07, 6.45) is 1.48. The van der Waals surface area contributed by atoms with Gasteiger partial charge in [-0.2, -0.15) is 0 Å². The Morgan fingerprint density at radius 3 is 2.46 bits per heavy atom. The Morgan fingerprint density at radius 1 is 1.18 bits per heavy atom. The van der Waals surface area contributed by atoms with Gasteiger partial charge in [0.2, 0.25) is 10.0 Å². The number of hydrogen-bond donors (Lipinski definition) is 4. The van der Waals surface area contributed by atoms with Crippen molar-refractivity contribution in [3.8, 4) is 11.5 Å². The van der Waals surface area contributed by atoms with Crippen molar-refractivity contribution in [2.24, 2.45) is 5.14 Å². The quantitative estimate of drug-likeness (QED) is 0.438. The summed E-state index contributed by atoms with van der Waals surface area (Å²) in [5.74, 6) is -0.603. The summed E-state index contributed by atoms with van der Waals surface area (Å²) in [6.45, 7) is 0.165. The maximum atomic E-state index is 12.1. The molecule has 3 aromatic rings. The molecule has 2 aromatic carbocycles. The number of aromatic carboxylic acids is 1. The second-order valence-corrected chi connectivity index (χ2v) is 7.34. The number of carboxylic acids is 1. The zero-order valence-electron chi connectivity index (χ0n) is 14.5. The first kappa shape index (κ1) is 19.3. The van der Waals surface area contributed by atoms with Gasteiger partial charge < -0.3 is 25.3 Å². The van der Waals surface area contributed by atoms with Gasteiger partial charge in [-0.15, -0.1) is 0 Å². The second kappa shape index (κ2) is 7.62. The molecule has 0 radical (unpaired) electrons. The van der Waals surface area contributed by atoms with E-state index >= 15 is 0 Å². The molecular formula is C18H17N3O6S. The third-order valence-electron chi connectivity index (χ3n) is 3.74. The van der Waals surface area contributed by atoms with Crippen LogP contribution in [-0.4, -0.2) is 19.5 Å². The third-order valence-corrected chi connectivity index (χ3v) is 4.66. The molecule has 1 heterocycles. The molecule has 0 aliphatic carbocycles. The van der Waals surface area contributed by atoms with Crippen molar-refractivity contribution in [1.29, 1.82) is 0 Å². The van der Waals surface area contributed by atoms with E-state index in [9.17, 15) is 18.3 Å². The minimum absolute atomic E-state index is 0.122. The fraction of sp³-hybridized carbons (Fsp3) is 0.0556. The number of nitrogen functional groups attached to an aromatic ring is 1. The summed E-state index contributed by atoms with van der Waals surface area (Å²) >= 11 is 0. The zero-order valence-corrected chi connectivity index (χ0v) is 15.3. The Balaban J connectivity index is 2.10. The second-order valence-electron chi connectivity index (χ2n) is 5.81. The number of carboxylic acid groups (broad SMARTS) is 1. The standard InChI is InChI=1S/C18H17N3O6S/c19-12-3-5-13(6-4-12)27-17-15(21-10-14-2-1-7-26-14)8-11(18(22)23)9-16(17)28(20,24)25/h1-9,21H,10,19H2,(H,22,23)(H2,20,24,25). The van der Waals surface area contributed by atoms with Crippen molar-refractivity contribution in [3.05, 3.63) is 66.1 Å². The van der Waals surface area contributed by atoms with Crippen LogP contribution in [0.25, 0.3) is 0 Å².